The lowest BCUT2D eigenvalue weighted by atomic mass is 9.98. The molecule has 0 spiro atoms. The molecule has 1 atom stereocenters. The lowest BCUT2D eigenvalue weighted by Crippen LogP contribution is -2.40. The van der Waals surface area contributed by atoms with Crippen LogP contribution in [0.2, 0.25) is 0 Å². The van der Waals surface area contributed by atoms with Crippen LogP contribution in [0.3, 0.4) is 0 Å². The molecule has 3 amide bonds. The SMILES string of the molecule is O=C(C[C@@H]1CCCN1C(=O)OCC1c2ccccc2-c2ccccc21)ON1C(=O)c2ccccc2C1=O. The van der Waals surface area contributed by atoms with Gasteiger partial charge in [0.05, 0.1) is 17.5 Å². The van der Waals surface area contributed by atoms with Gasteiger partial charge in [0.1, 0.15) is 6.61 Å². The predicted molar refractivity (Wildman–Crippen MR) is 132 cm³/mol. The molecule has 2 heterocycles. The Labute approximate surface area is 213 Å². The lowest BCUT2D eigenvalue weighted by molar-refractivity contribution is -0.169. The summed E-state index contributed by atoms with van der Waals surface area (Å²) < 4.78 is 5.76. The van der Waals surface area contributed by atoms with Gasteiger partial charge in [-0.05, 0) is 47.2 Å². The summed E-state index contributed by atoms with van der Waals surface area (Å²) in [6.07, 6.45) is 0.687. The van der Waals surface area contributed by atoms with Crippen molar-refractivity contribution in [3.05, 3.63) is 95.1 Å². The fraction of sp³-hybridized carbons (Fsp3) is 0.241. The highest BCUT2D eigenvalue weighted by Gasteiger charge is 2.40. The van der Waals surface area contributed by atoms with Crippen LogP contribution in [-0.2, 0) is 14.4 Å². The Morgan fingerprint density at radius 3 is 1.92 bits per heavy atom. The first-order valence-corrected chi connectivity index (χ1v) is 12.3. The van der Waals surface area contributed by atoms with Gasteiger partial charge in [-0.3, -0.25) is 9.59 Å². The molecule has 37 heavy (non-hydrogen) atoms. The number of benzene rings is 3. The van der Waals surface area contributed by atoms with Crippen molar-refractivity contribution in [2.24, 2.45) is 0 Å². The number of hydroxylamine groups is 2. The Bertz CT molecular complexity index is 1350. The minimum atomic E-state index is -0.752. The summed E-state index contributed by atoms with van der Waals surface area (Å²) in [5, 5.41) is 0.500. The monoisotopic (exact) mass is 496 g/mol. The Morgan fingerprint density at radius 1 is 0.784 bits per heavy atom. The number of ether oxygens (including phenoxy) is 1. The van der Waals surface area contributed by atoms with Gasteiger partial charge in [-0.1, -0.05) is 65.7 Å². The van der Waals surface area contributed by atoms with Gasteiger partial charge in [0, 0.05) is 18.5 Å². The zero-order valence-electron chi connectivity index (χ0n) is 20.0. The summed E-state index contributed by atoms with van der Waals surface area (Å²) in [4.78, 5) is 57.4. The number of likely N-dealkylation sites (tertiary alicyclic amines) is 1. The molecule has 186 valence electrons. The summed E-state index contributed by atoms with van der Waals surface area (Å²) in [6.45, 7) is 0.650. The van der Waals surface area contributed by atoms with Crippen molar-refractivity contribution in [2.75, 3.05) is 13.2 Å². The molecule has 0 N–H and O–H groups in total. The highest BCUT2D eigenvalue weighted by atomic mass is 16.7. The largest absolute Gasteiger partial charge is 0.448 e. The van der Waals surface area contributed by atoms with Crippen molar-refractivity contribution >= 4 is 23.9 Å². The van der Waals surface area contributed by atoms with Crippen molar-refractivity contribution in [3.63, 3.8) is 0 Å². The maximum Gasteiger partial charge on any atom is 0.410 e. The molecule has 0 aromatic heterocycles. The number of carbonyl (C=O) groups excluding carboxylic acids is 4. The molecule has 3 aliphatic rings. The van der Waals surface area contributed by atoms with Crippen LogP contribution in [0.5, 0.6) is 0 Å². The van der Waals surface area contributed by atoms with Crippen LogP contribution in [0.25, 0.3) is 11.1 Å². The van der Waals surface area contributed by atoms with E-state index in [9.17, 15) is 19.2 Å². The maximum atomic E-state index is 13.0. The first-order valence-electron chi connectivity index (χ1n) is 12.3. The molecular formula is C29H24N2O6. The van der Waals surface area contributed by atoms with Gasteiger partial charge >= 0.3 is 12.1 Å². The fourth-order valence-electron chi connectivity index (χ4n) is 5.55. The second kappa shape index (κ2) is 9.20. The van der Waals surface area contributed by atoms with Crippen LogP contribution in [0, 0.1) is 0 Å². The molecular weight excluding hydrogens is 472 g/mol. The molecule has 0 saturated carbocycles. The summed E-state index contributed by atoms with van der Waals surface area (Å²) in [6, 6.07) is 22.1. The molecule has 3 aromatic rings. The number of hydrogen-bond donors (Lipinski definition) is 0. The van der Waals surface area contributed by atoms with Crippen molar-refractivity contribution in [2.45, 2.75) is 31.2 Å². The summed E-state index contributed by atoms with van der Waals surface area (Å²) in [5.41, 5.74) is 4.93. The second-order valence-corrected chi connectivity index (χ2v) is 9.41. The Balaban J connectivity index is 1.09. The minimum Gasteiger partial charge on any atom is -0.448 e. The van der Waals surface area contributed by atoms with Crippen LogP contribution in [-0.4, -0.2) is 53.0 Å². The number of nitrogens with zero attached hydrogens (tertiary/aromatic N) is 2. The number of imide groups is 1. The van der Waals surface area contributed by atoms with E-state index < -0.39 is 29.9 Å². The van der Waals surface area contributed by atoms with Crippen molar-refractivity contribution in [1.82, 2.24) is 9.96 Å². The molecule has 3 aromatic carbocycles. The van der Waals surface area contributed by atoms with Crippen LogP contribution in [0.4, 0.5) is 4.79 Å². The van der Waals surface area contributed by atoms with Crippen LogP contribution < -0.4 is 0 Å². The van der Waals surface area contributed by atoms with E-state index in [1.165, 1.54) is 17.0 Å². The van der Waals surface area contributed by atoms with Crippen molar-refractivity contribution < 1.29 is 28.8 Å². The van der Waals surface area contributed by atoms with Gasteiger partial charge in [-0.15, -0.1) is 0 Å². The van der Waals surface area contributed by atoms with Crippen LogP contribution in [0.15, 0.2) is 72.8 Å². The highest BCUT2D eigenvalue weighted by Crippen LogP contribution is 2.44. The zero-order chi connectivity index (χ0) is 25.5. The Kier molecular flexibility index (Phi) is 5.71. The number of hydrogen-bond acceptors (Lipinski definition) is 6. The molecule has 1 saturated heterocycles. The fourth-order valence-corrected chi connectivity index (χ4v) is 5.55. The van der Waals surface area contributed by atoms with Gasteiger partial charge in [0.2, 0.25) is 0 Å². The summed E-state index contributed by atoms with van der Waals surface area (Å²) >= 11 is 0. The number of fused-ring (bicyclic) bond motifs is 4. The van der Waals surface area contributed by atoms with E-state index in [1.54, 1.807) is 12.1 Å². The molecule has 1 aliphatic carbocycles. The average Bonchev–Trinajstić information content (AvgIpc) is 3.58. The summed E-state index contributed by atoms with van der Waals surface area (Å²) in [7, 11) is 0. The lowest BCUT2D eigenvalue weighted by Gasteiger charge is -2.25. The minimum absolute atomic E-state index is 0.0591. The molecule has 0 radical (unpaired) electrons. The Morgan fingerprint density at radius 2 is 1.32 bits per heavy atom. The smallest absolute Gasteiger partial charge is 0.410 e. The quantitative estimate of drug-likeness (QED) is 0.482. The van der Waals surface area contributed by atoms with Crippen LogP contribution in [0.1, 0.15) is 57.0 Å². The van der Waals surface area contributed by atoms with E-state index in [1.807, 2.05) is 24.3 Å². The van der Waals surface area contributed by atoms with E-state index in [-0.39, 0.29) is 30.1 Å². The van der Waals surface area contributed by atoms with E-state index >= 15 is 0 Å². The van der Waals surface area contributed by atoms with Gasteiger partial charge in [-0.2, -0.15) is 0 Å². The van der Waals surface area contributed by atoms with E-state index in [2.05, 4.69) is 24.3 Å². The van der Waals surface area contributed by atoms with Gasteiger partial charge < -0.3 is 14.5 Å². The molecule has 8 heteroatoms. The topological polar surface area (TPSA) is 93.2 Å². The van der Waals surface area contributed by atoms with Crippen molar-refractivity contribution in [3.8, 4) is 11.1 Å². The third-order valence-electron chi connectivity index (χ3n) is 7.30. The van der Waals surface area contributed by atoms with Crippen molar-refractivity contribution in [1.29, 1.82) is 0 Å². The first-order chi connectivity index (χ1) is 18.0. The molecule has 0 unspecified atom stereocenters. The maximum absolute atomic E-state index is 13.0. The van der Waals surface area contributed by atoms with Crippen LogP contribution >= 0.6 is 0 Å². The van der Waals surface area contributed by atoms with E-state index in [4.69, 9.17) is 9.57 Å². The zero-order valence-corrected chi connectivity index (χ0v) is 20.0. The standard InChI is InChI=1S/C29H24N2O6/c32-26(37-31-27(33)23-13-5-6-14-24(23)28(31)34)16-18-8-7-15-30(18)29(35)36-17-25-21-11-3-1-9-19(21)20-10-2-4-12-22(20)25/h1-6,9-14,18,25H,7-8,15-17H2/t18-/m0/s1. The first kappa shape index (κ1) is 23.0. The number of carbonyl (C=O) groups is 4. The molecule has 6 rings (SSSR count). The Hall–Kier alpha value is -4.46. The molecule has 2 aliphatic heterocycles. The predicted octanol–water partition coefficient (Wildman–Crippen LogP) is 4.54. The van der Waals surface area contributed by atoms with Gasteiger partial charge in [-0.25, -0.2) is 9.59 Å². The summed E-state index contributed by atoms with van der Waals surface area (Å²) in [5.74, 6) is -2.16. The third-order valence-corrected chi connectivity index (χ3v) is 7.30. The third kappa shape index (κ3) is 3.94. The van der Waals surface area contributed by atoms with E-state index in [0.717, 1.165) is 28.7 Å². The number of rotatable bonds is 5. The van der Waals surface area contributed by atoms with Gasteiger partial charge in [0.15, 0.2) is 0 Å². The average molecular weight is 497 g/mol. The second-order valence-electron chi connectivity index (χ2n) is 9.41. The van der Waals surface area contributed by atoms with E-state index in [0.29, 0.717) is 18.0 Å². The molecule has 1 fully saturated rings. The number of amides is 3. The van der Waals surface area contributed by atoms with Gasteiger partial charge in [0.25, 0.3) is 11.8 Å². The molecule has 8 nitrogen and oxygen atoms in total. The molecule has 0 bridgehead atoms. The normalized spacial score (nSPS) is 18.0. The highest BCUT2D eigenvalue weighted by molar-refractivity contribution is 6.20.